The Kier molecular flexibility index (Phi) is 4.28. The molecule has 0 aromatic heterocycles. The lowest BCUT2D eigenvalue weighted by molar-refractivity contribution is -0.118. The van der Waals surface area contributed by atoms with Crippen LogP contribution in [0.4, 0.5) is 5.69 Å². The Morgan fingerprint density at radius 1 is 1.05 bits per heavy atom. The van der Waals surface area contributed by atoms with Gasteiger partial charge < -0.3 is 5.73 Å². The molecule has 21 heavy (non-hydrogen) atoms. The topological polar surface area (TPSA) is 89.3 Å². The maximum Gasteiger partial charge on any atom is 0.264 e. The van der Waals surface area contributed by atoms with Crippen molar-refractivity contribution in [3.05, 3.63) is 59.7 Å². The molecule has 0 saturated heterocycles. The molecule has 0 aliphatic carbocycles. The van der Waals surface area contributed by atoms with Crippen LogP contribution in [0, 0.1) is 6.92 Å². The van der Waals surface area contributed by atoms with E-state index in [0.717, 1.165) is 5.56 Å². The lowest BCUT2D eigenvalue weighted by Gasteiger charge is -2.07. The molecule has 0 saturated carbocycles. The van der Waals surface area contributed by atoms with Gasteiger partial charge in [0.15, 0.2) is 0 Å². The summed E-state index contributed by atoms with van der Waals surface area (Å²) in [5.74, 6) is -0.583. The summed E-state index contributed by atoms with van der Waals surface area (Å²) in [5, 5.41) is 0. The molecule has 0 atom stereocenters. The van der Waals surface area contributed by atoms with Gasteiger partial charge in [-0.05, 0) is 36.8 Å². The van der Waals surface area contributed by atoms with Crippen LogP contribution < -0.4 is 10.5 Å². The summed E-state index contributed by atoms with van der Waals surface area (Å²) in [4.78, 5) is 11.9. The van der Waals surface area contributed by atoms with Crippen molar-refractivity contribution in [1.82, 2.24) is 4.72 Å². The molecule has 2 aromatic rings. The summed E-state index contributed by atoms with van der Waals surface area (Å²) in [6.45, 7) is 1.86. The molecule has 110 valence electrons. The van der Waals surface area contributed by atoms with E-state index in [1.165, 1.54) is 12.1 Å². The third-order valence-electron chi connectivity index (χ3n) is 2.92. The standard InChI is InChI=1S/C15H16N2O3S/c1-11-2-8-14(9-3-11)21(19,20)17-15(18)10-12-4-6-13(16)7-5-12/h2-9H,10,16H2,1H3,(H,17,18). The quantitative estimate of drug-likeness (QED) is 0.840. The van der Waals surface area contributed by atoms with Crippen LogP contribution in [0.2, 0.25) is 0 Å². The van der Waals surface area contributed by atoms with Gasteiger partial charge in [0.1, 0.15) is 0 Å². The fourth-order valence-electron chi connectivity index (χ4n) is 1.78. The SMILES string of the molecule is Cc1ccc(S(=O)(=O)NC(=O)Cc2ccc(N)cc2)cc1. The first-order chi connectivity index (χ1) is 9.87. The average molecular weight is 304 g/mol. The van der Waals surface area contributed by atoms with E-state index in [9.17, 15) is 13.2 Å². The number of carbonyl (C=O) groups is 1. The van der Waals surface area contributed by atoms with Crippen molar-refractivity contribution < 1.29 is 13.2 Å². The largest absolute Gasteiger partial charge is 0.399 e. The zero-order chi connectivity index (χ0) is 15.5. The van der Waals surface area contributed by atoms with Gasteiger partial charge in [-0.25, -0.2) is 13.1 Å². The van der Waals surface area contributed by atoms with Crippen LogP contribution in [0.5, 0.6) is 0 Å². The van der Waals surface area contributed by atoms with Gasteiger partial charge in [-0.2, -0.15) is 0 Å². The van der Waals surface area contributed by atoms with Gasteiger partial charge in [-0.15, -0.1) is 0 Å². The Morgan fingerprint density at radius 3 is 2.19 bits per heavy atom. The van der Waals surface area contributed by atoms with Crippen molar-refractivity contribution in [3.63, 3.8) is 0 Å². The molecule has 0 unspecified atom stereocenters. The first-order valence-electron chi connectivity index (χ1n) is 6.33. The summed E-state index contributed by atoms with van der Waals surface area (Å²) >= 11 is 0. The van der Waals surface area contributed by atoms with E-state index in [2.05, 4.69) is 4.72 Å². The second kappa shape index (κ2) is 5.97. The first-order valence-corrected chi connectivity index (χ1v) is 7.82. The van der Waals surface area contributed by atoms with Crippen molar-refractivity contribution in [2.45, 2.75) is 18.2 Å². The minimum Gasteiger partial charge on any atom is -0.399 e. The van der Waals surface area contributed by atoms with E-state index in [-0.39, 0.29) is 11.3 Å². The first kappa shape index (κ1) is 15.1. The van der Waals surface area contributed by atoms with Crippen LogP contribution in [0.1, 0.15) is 11.1 Å². The number of carbonyl (C=O) groups excluding carboxylic acids is 1. The molecule has 0 aliphatic rings. The van der Waals surface area contributed by atoms with E-state index in [0.29, 0.717) is 11.3 Å². The van der Waals surface area contributed by atoms with Gasteiger partial charge in [-0.3, -0.25) is 4.79 Å². The number of sulfonamides is 1. The molecule has 6 heteroatoms. The van der Waals surface area contributed by atoms with Crippen molar-refractivity contribution >= 4 is 21.6 Å². The summed E-state index contributed by atoms with van der Waals surface area (Å²) in [6, 6.07) is 13.0. The number of nitrogens with one attached hydrogen (secondary N) is 1. The van der Waals surface area contributed by atoms with Crippen LogP contribution in [-0.4, -0.2) is 14.3 Å². The van der Waals surface area contributed by atoms with Gasteiger partial charge in [0.05, 0.1) is 11.3 Å². The highest BCUT2D eigenvalue weighted by molar-refractivity contribution is 7.90. The summed E-state index contributed by atoms with van der Waals surface area (Å²) < 4.78 is 26.1. The van der Waals surface area contributed by atoms with Crippen LogP contribution in [0.3, 0.4) is 0 Å². The number of benzene rings is 2. The van der Waals surface area contributed by atoms with E-state index >= 15 is 0 Å². The molecule has 1 amide bonds. The number of anilines is 1. The predicted molar refractivity (Wildman–Crippen MR) is 81.1 cm³/mol. The van der Waals surface area contributed by atoms with Gasteiger partial charge in [0, 0.05) is 5.69 Å². The average Bonchev–Trinajstić information content (AvgIpc) is 2.41. The number of hydrogen-bond donors (Lipinski definition) is 2. The molecule has 2 rings (SSSR count). The molecular weight excluding hydrogens is 288 g/mol. The molecule has 0 fully saturated rings. The number of hydrogen-bond acceptors (Lipinski definition) is 4. The van der Waals surface area contributed by atoms with Gasteiger partial charge >= 0.3 is 0 Å². The van der Waals surface area contributed by atoms with Crippen molar-refractivity contribution in [3.8, 4) is 0 Å². The third-order valence-corrected chi connectivity index (χ3v) is 4.31. The molecule has 5 nitrogen and oxygen atoms in total. The Balaban J connectivity index is 2.07. The lowest BCUT2D eigenvalue weighted by atomic mass is 10.1. The smallest absolute Gasteiger partial charge is 0.264 e. The normalized spacial score (nSPS) is 11.1. The zero-order valence-corrected chi connectivity index (χ0v) is 12.4. The molecule has 0 aliphatic heterocycles. The Labute approximate surface area is 123 Å². The summed E-state index contributed by atoms with van der Waals surface area (Å²) in [5.41, 5.74) is 7.78. The monoisotopic (exact) mass is 304 g/mol. The van der Waals surface area contributed by atoms with Gasteiger partial charge in [0.2, 0.25) is 5.91 Å². The molecule has 0 spiro atoms. The fourth-order valence-corrected chi connectivity index (χ4v) is 2.77. The molecule has 0 bridgehead atoms. The fraction of sp³-hybridized carbons (Fsp3) is 0.133. The highest BCUT2D eigenvalue weighted by atomic mass is 32.2. The zero-order valence-electron chi connectivity index (χ0n) is 11.5. The predicted octanol–water partition coefficient (Wildman–Crippen LogP) is 1.62. The molecule has 3 N–H and O–H groups in total. The number of aryl methyl sites for hydroxylation is 1. The van der Waals surface area contributed by atoms with E-state index in [4.69, 9.17) is 5.73 Å². The van der Waals surface area contributed by atoms with Gasteiger partial charge in [0.25, 0.3) is 10.0 Å². The molecule has 2 aromatic carbocycles. The van der Waals surface area contributed by atoms with E-state index in [1.54, 1.807) is 36.4 Å². The highest BCUT2D eigenvalue weighted by Crippen LogP contribution is 2.11. The van der Waals surface area contributed by atoms with E-state index in [1.807, 2.05) is 6.92 Å². The van der Waals surface area contributed by atoms with Crippen LogP contribution in [-0.2, 0) is 21.2 Å². The maximum atomic E-state index is 12.0. The molecular formula is C15H16N2O3S. The van der Waals surface area contributed by atoms with Crippen LogP contribution in [0.15, 0.2) is 53.4 Å². The van der Waals surface area contributed by atoms with Crippen molar-refractivity contribution in [2.24, 2.45) is 0 Å². The summed E-state index contributed by atoms with van der Waals surface area (Å²) in [7, 11) is -3.83. The van der Waals surface area contributed by atoms with Crippen molar-refractivity contribution in [1.29, 1.82) is 0 Å². The minimum atomic E-state index is -3.83. The number of amides is 1. The molecule has 0 heterocycles. The van der Waals surface area contributed by atoms with E-state index < -0.39 is 15.9 Å². The second-order valence-corrected chi connectivity index (χ2v) is 6.44. The van der Waals surface area contributed by atoms with Crippen LogP contribution >= 0.6 is 0 Å². The lowest BCUT2D eigenvalue weighted by Crippen LogP contribution is -2.31. The maximum absolute atomic E-state index is 12.0. The highest BCUT2D eigenvalue weighted by Gasteiger charge is 2.17. The van der Waals surface area contributed by atoms with Crippen molar-refractivity contribution in [2.75, 3.05) is 5.73 Å². The second-order valence-electron chi connectivity index (χ2n) is 4.76. The molecule has 0 radical (unpaired) electrons. The summed E-state index contributed by atoms with van der Waals surface area (Å²) in [6.07, 6.45) is -0.0224. The van der Waals surface area contributed by atoms with Crippen LogP contribution in [0.25, 0.3) is 0 Å². The van der Waals surface area contributed by atoms with Gasteiger partial charge in [-0.1, -0.05) is 29.8 Å². The minimum absolute atomic E-state index is 0.0224. The Hall–Kier alpha value is -2.34. The third kappa shape index (κ3) is 4.06. The number of nitrogen functional groups attached to an aromatic ring is 1. The number of nitrogens with two attached hydrogens (primary N) is 1. The Bertz CT molecular complexity index is 735. The number of rotatable bonds is 4. The Morgan fingerprint density at radius 2 is 1.62 bits per heavy atom.